The maximum atomic E-state index is 13.2. The van der Waals surface area contributed by atoms with Crippen molar-refractivity contribution in [1.29, 1.82) is 0 Å². The van der Waals surface area contributed by atoms with Gasteiger partial charge in [-0.25, -0.2) is 4.39 Å². The fourth-order valence-corrected chi connectivity index (χ4v) is 3.18. The Morgan fingerprint density at radius 3 is 2.82 bits per heavy atom. The van der Waals surface area contributed by atoms with Gasteiger partial charge in [0.05, 0.1) is 6.54 Å². The molecule has 1 amide bonds. The summed E-state index contributed by atoms with van der Waals surface area (Å²) in [5, 5.41) is 3.42. The van der Waals surface area contributed by atoms with Crippen LogP contribution >= 0.6 is 0 Å². The number of nitrogens with zero attached hydrogens (tertiary/aromatic N) is 1. The Balaban J connectivity index is 1.86. The van der Waals surface area contributed by atoms with E-state index < -0.39 is 0 Å². The number of hydrogen-bond acceptors (Lipinski definition) is 2. The van der Waals surface area contributed by atoms with Gasteiger partial charge in [-0.15, -0.1) is 0 Å². The summed E-state index contributed by atoms with van der Waals surface area (Å²) < 4.78 is 13.2. The monoisotopic (exact) mass is 306 g/mol. The average Bonchev–Trinajstić information content (AvgIpc) is 2.51. The number of carbonyl (C=O) groups is 1. The molecule has 0 aromatic heterocycles. The van der Waals surface area contributed by atoms with Crippen LogP contribution in [0.3, 0.4) is 0 Å². The van der Waals surface area contributed by atoms with Crippen molar-refractivity contribution >= 4 is 5.91 Å². The zero-order chi connectivity index (χ0) is 15.9. The smallest absolute Gasteiger partial charge is 0.236 e. The van der Waals surface area contributed by atoms with E-state index in [9.17, 15) is 9.18 Å². The molecule has 2 atom stereocenters. The van der Waals surface area contributed by atoms with Crippen molar-refractivity contribution in [3.05, 3.63) is 35.6 Å². The van der Waals surface area contributed by atoms with E-state index in [0.29, 0.717) is 31.6 Å². The highest BCUT2D eigenvalue weighted by Gasteiger charge is 2.22. The summed E-state index contributed by atoms with van der Waals surface area (Å²) in [4.78, 5) is 14.2. The van der Waals surface area contributed by atoms with Crippen LogP contribution in [0.2, 0.25) is 0 Å². The SMILES string of the molecule is CCN(Cc1cccc(F)c1)C(=O)CNC1CCCCC1C. The number of benzene rings is 1. The molecular formula is C18H27FN2O. The zero-order valence-corrected chi connectivity index (χ0v) is 13.6. The standard InChI is InChI=1S/C18H27FN2O/c1-3-21(13-15-8-6-9-16(19)11-15)18(22)12-20-17-10-5-4-7-14(17)2/h6,8-9,11,14,17,20H,3-5,7,10,12-13H2,1-2H3. The van der Waals surface area contributed by atoms with Crippen molar-refractivity contribution in [3.8, 4) is 0 Å². The first-order valence-electron chi connectivity index (χ1n) is 8.35. The van der Waals surface area contributed by atoms with Crippen LogP contribution in [0.4, 0.5) is 4.39 Å². The second-order valence-corrected chi connectivity index (χ2v) is 6.29. The normalized spacial score (nSPS) is 21.6. The molecule has 1 aromatic carbocycles. The summed E-state index contributed by atoms with van der Waals surface area (Å²) in [6.45, 7) is 5.69. The molecular weight excluding hydrogens is 279 g/mol. The maximum absolute atomic E-state index is 13.2. The minimum absolute atomic E-state index is 0.0875. The summed E-state index contributed by atoms with van der Waals surface area (Å²) in [5.41, 5.74) is 0.834. The number of carbonyl (C=O) groups excluding carboxylic acids is 1. The van der Waals surface area contributed by atoms with Crippen LogP contribution in [0, 0.1) is 11.7 Å². The number of nitrogens with one attached hydrogen (secondary N) is 1. The van der Waals surface area contributed by atoms with Gasteiger partial charge >= 0.3 is 0 Å². The molecule has 1 aromatic rings. The van der Waals surface area contributed by atoms with E-state index in [1.54, 1.807) is 11.0 Å². The summed E-state index contributed by atoms with van der Waals surface area (Å²) in [7, 11) is 0. The van der Waals surface area contributed by atoms with Crippen LogP contribution in [0.15, 0.2) is 24.3 Å². The fraction of sp³-hybridized carbons (Fsp3) is 0.611. The first kappa shape index (κ1) is 16.9. The van der Waals surface area contributed by atoms with Crippen molar-refractivity contribution in [2.75, 3.05) is 13.1 Å². The summed E-state index contributed by atoms with van der Waals surface area (Å²) in [6, 6.07) is 6.91. The summed E-state index contributed by atoms with van der Waals surface area (Å²) in [5.74, 6) is 0.472. The van der Waals surface area contributed by atoms with E-state index in [1.807, 2.05) is 13.0 Å². The molecule has 0 spiro atoms. The van der Waals surface area contributed by atoms with Gasteiger partial charge in [-0.1, -0.05) is 31.9 Å². The first-order chi connectivity index (χ1) is 10.6. The molecule has 1 N–H and O–H groups in total. The van der Waals surface area contributed by atoms with Gasteiger partial charge in [0.1, 0.15) is 5.82 Å². The Kier molecular flexibility index (Phi) is 6.37. The molecule has 2 unspecified atom stereocenters. The molecule has 0 bridgehead atoms. The van der Waals surface area contributed by atoms with E-state index in [4.69, 9.17) is 0 Å². The van der Waals surface area contributed by atoms with Crippen molar-refractivity contribution in [2.45, 2.75) is 52.1 Å². The first-order valence-corrected chi connectivity index (χ1v) is 8.35. The lowest BCUT2D eigenvalue weighted by molar-refractivity contribution is -0.130. The summed E-state index contributed by atoms with van der Waals surface area (Å²) in [6.07, 6.45) is 4.95. The van der Waals surface area contributed by atoms with E-state index in [2.05, 4.69) is 12.2 Å². The largest absolute Gasteiger partial charge is 0.338 e. The second kappa shape index (κ2) is 8.28. The highest BCUT2D eigenvalue weighted by Crippen LogP contribution is 2.23. The number of amides is 1. The molecule has 1 aliphatic carbocycles. The van der Waals surface area contributed by atoms with Gasteiger partial charge in [-0.2, -0.15) is 0 Å². The third-order valence-electron chi connectivity index (χ3n) is 4.62. The molecule has 0 radical (unpaired) electrons. The molecule has 1 saturated carbocycles. The van der Waals surface area contributed by atoms with Gasteiger partial charge in [0, 0.05) is 19.1 Å². The average molecular weight is 306 g/mol. The topological polar surface area (TPSA) is 32.3 Å². The Morgan fingerprint density at radius 2 is 2.14 bits per heavy atom. The van der Waals surface area contributed by atoms with Crippen LogP contribution < -0.4 is 5.32 Å². The van der Waals surface area contributed by atoms with Crippen LogP contribution in [0.5, 0.6) is 0 Å². The minimum Gasteiger partial charge on any atom is -0.338 e. The molecule has 22 heavy (non-hydrogen) atoms. The quantitative estimate of drug-likeness (QED) is 0.874. The van der Waals surface area contributed by atoms with Gasteiger partial charge in [0.2, 0.25) is 5.91 Å². The highest BCUT2D eigenvalue weighted by molar-refractivity contribution is 5.78. The van der Waals surface area contributed by atoms with Gasteiger partial charge in [0.15, 0.2) is 0 Å². The molecule has 122 valence electrons. The second-order valence-electron chi connectivity index (χ2n) is 6.29. The Bertz CT molecular complexity index is 492. The van der Waals surface area contributed by atoms with Gasteiger partial charge < -0.3 is 10.2 Å². The molecule has 4 heteroatoms. The van der Waals surface area contributed by atoms with E-state index >= 15 is 0 Å². The minimum atomic E-state index is -0.254. The number of rotatable bonds is 6. The molecule has 2 rings (SSSR count). The highest BCUT2D eigenvalue weighted by atomic mass is 19.1. The molecule has 0 saturated heterocycles. The van der Waals surface area contributed by atoms with Crippen LogP contribution in [-0.4, -0.2) is 29.9 Å². The Hall–Kier alpha value is -1.42. The summed E-state index contributed by atoms with van der Waals surface area (Å²) >= 11 is 0. The lowest BCUT2D eigenvalue weighted by Crippen LogP contribution is -2.44. The third-order valence-corrected chi connectivity index (χ3v) is 4.62. The van der Waals surface area contributed by atoms with Crippen LogP contribution in [-0.2, 0) is 11.3 Å². The molecule has 0 heterocycles. The van der Waals surface area contributed by atoms with Crippen molar-refractivity contribution in [3.63, 3.8) is 0 Å². The Labute approximate surface area is 132 Å². The van der Waals surface area contributed by atoms with Gasteiger partial charge in [0.25, 0.3) is 0 Å². The van der Waals surface area contributed by atoms with Crippen molar-refractivity contribution in [2.24, 2.45) is 5.92 Å². The van der Waals surface area contributed by atoms with Crippen LogP contribution in [0.1, 0.15) is 45.1 Å². The van der Waals surface area contributed by atoms with Crippen LogP contribution in [0.25, 0.3) is 0 Å². The fourth-order valence-electron chi connectivity index (χ4n) is 3.18. The van der Waals surface area contributed by atoms with Crippen molar-refractivity contribution in [1.82, 2.24) is 10.2 Å². The van der Waals surface area contributed by atoms with Gasteiger partial charge in [-0.3, -0.25) is 4.79 Å². The molecule has 1 fully saturated rings. The number of likely N-dealkylation sites (N-methyl/N-ethyl adjacent to an activating group) is 1. The van der Waals surface area contributed by atoms with E-state index in [1.165, 1.54) is 31.4 Å². The third kappa shape index (κ3) is 4.80. The number of hydrogen-bond donors (Lipinski definition) is 1. The van der Waals surface area contributed by atoms with E-state index in [-0.39, 0.29) is 11.7 Å². The zero-order valence-electron chi connectivity index (χ0n) is 13.6. The predicted octanol–water partition coefficient (Wildman–Crippen LogP) is 3.34. The van der Waals surface area contributed by atoms with E-state index in [0.717, 1.165) is 12.0 Å². The Morgan fingerprint density at radius 1 is 1.36 bits per heavy atom. The maximum Gasteiger partial charge on any atom is 0.236 e. The number of halogens is 1. The predicted molar refractivity (Wildman–Crippen MR) is 86.9 cm³/mol. The lowest BCUT2D eigenvalue weighted by Gasteiger charge is -2.30. The van der Waals surface area contributed by atoms with Crippen molar-refractivity contribution < 1.29 is 9.18 Å². The van der Waals surface area contributed by atoms with Gasteiger partial charge in [-0.05, 0) is 43.4 Å². The molecule has 1 aliphatic rings. The molecule has 0 aliphatic heterocycles. The molecule has 3 nitrogen and oxygen atoms in total. The lowest BCUT2D eigenvalue weighted by atomic mass is 9.86.